The molecule has 0 unspecified atom stereocenters. The second kappa shape index (κ2) is 16.6. The molecule has 0 saturated heterocycles. The van der Waals surface area contributed by atoms with Crippen molar-refractivity contribution >= 4 is 29.5 Å². The number of hydrogen-bond acceptors (Lipinski definition) is 3. The molecule has 0 heterocycles. The molecule has 0 rings (SSSR count). The Bertz CT molecular complexity index is 34.2. The fourth-order valence-corrected chi connectivity index (χ4v) is 0. The second-order valence-electron chi connectivity index (χ2n) is 0.0680. The first-order chi connectivity index (χ1) is 2.41. The van der Waals surface area contributed by atoms with Gasteiger partial charge in [0.15, 0.2) is 0 Å². The third kappa shape index (κ3) is 23.7. The van der Waals surface area contributed by atoms with Crippen molar-refractivity contribution in [2.24, 2.45) is 0 Å². The second-order valence-corrected chi connectivity index (χ2v) is 5.01. The van der Waals surface area contributed by atoms with Gasteiger partial charge in [-0.1, -0.05) is 0 Å². The van der Waals surface area contributed by atoms with Gasteiger partial charge in [0, 0.05) is 0 Å². The zero-order valence-corrected chi connectivity index (χ0v) is 10.4. The van der Waals surface area contributed by atoms with E-state index in [1.54, 1.807) is 0 Å². The van der Waals surface area contributed by atoms with Gasteiger partial charge < -0.3 is 0 Å². The molecule has 0 aliphatic heterocycles. The van der Waals surface area contributed by atoms with Crippen molar-refractivity contribution in [1.29, 1.82) is 0 Å². The Morgan fingerprint density at radius 3 is 1.20 bits per heavy atom. The summed E-state index contributed by atoms with van der Waals surface area (Å²) in [4.78, 5) is 0. The van der Waals surface area contributed by atoms with Crippen LogP contribution in [0.2, 0.25) is 0 Å². The van der Waals surface area contributed by atoms with Gasteiger partial charge >= 0.3 is 62.4 Å². The van der Waals surface area contributed by atoms with Crippen LogP contribution in [0.15, 0.2) is 0 Å². The predicted molar refractivity (Wildman–Crippen MR) is 22.8 cm³/mol. The number of rotatable bonds is 0. The van der Waals surface area contributed by atoms with E-state index in [2.05, 4.69) is 29.5 Å². The van der Waals surface area contributed by atoms with Crippen LogP contribution in [-0.4, -0.2) is 0 Å². The molecule has 0 aromatic rings. The summed E-state index contributed by atoms with van der Waals surface area (Å²) in [5.41, 5.74) is 0. The van der Waals surface area contributed by atoms with Gasteiger partial charge in [-0.05, 0) is 0 Å². The van der Waals surface area contributed by atoms with Crippen molar-refractivity contribution in [1.82, 2.24) is 0 Å². The molecule has 30 valence electrons. The van der Waals surface area contributed by atoms with Gasteiger partial charge in [-0.25, -0.2) is 0 Å². The molecule has 0 radical (unpaired) electrons. The van der Waals surface area contributed by atoms with Crippen LogP contribution in [0.25, 0.3) is 0 Å². The molecule has 0 aromatic heterocycles. The van der Waals surface area contributed by atoms with Crippen molar-refractivity contribution in [3.05, 3.63) is 0 Å². The maximum atomic E-state index is 4.38. The molecule has 0 atom stereocenters. The molecule has 0 nitrogen and oxygen atoms in total. The average Bonchev–Trinajstić information content (AvgIpc) is 1.46. The van der Waals surface area contributed by atoms with Crippen molar-refractivity contribution in [3.8, 4) is 0 Å². The molecule has 0 aliphatic rings. The first-order valence-electron chi connectivity index (χ1n) is 0.500. The molecule has 0 spiro atoms. The van der Waals surface area contributed by atoms with Gasteiger partial charge in [-0.15, -0.1) is 0 Å². The third-order valence-electron chi connectivity index (χ3n) is 0. The van der Waals surface area contributed by atoms with Crippen LogP contribution in [0, 0.1) is 0 Å². The summed E-state index contributed by atoms with van der Waals surface area (Å²) in [6.07, 6.45) is 0. The predicted octanol–water partition coefficient (Wildman–Crippen LogP) is 1.94. The Balaban J connectivity index is 0. The summed E-state index contributed by atoms with van der Waals surface area (Å²) in [6, 6.07) is 0. The molecule has 0 fully saturated rings. The zero-order chi connectivity index (χ0) is 4.71. The summed E-state index contributed by atoms with van der Waals surface area (Å²) in [6.45, 7) is 0. The van der Waals surface area contributed by atoms with Crippen LogP contribution in [-0.2, 0) is 32.9 Å². The van der Waals surface area contributed by atoms with Crippen molar-refractivity contribution < 1.29 is 32.9 Å². The van der Waals surface area contributed by atoms with Crippen molar-refractivity contribution in [3.63, 3.8) is 0 Å². The molecule has 0 bridgehead atoms. The molecular weight excluding hydrogens is 464 g/mol. The Kier molecular flexibility index (Phi) is 33.6. The van der Waals surface area contributed by atoms with Crippen LogP contribution < -0.4 is 0 Å². The Morgan fingerprint density at radius 1 is 1.20 bits per heavy atom. The fraction of sp³-hybridized carbons (Fsp3) is 0. The van der Waals surface area contributed by atoms with Crippen molar-refractivity contribution in [2.75, 3.05) is 0 Å². The summed E-state index contributed by atoms with van der Waals surface area (Å²) in [5, 5.41) is 0. The topological polar surface area (TPSA) is 0 Å². The fourth-order valence-electron chi connectivity index (χ4n) is 0. The SMILES string of the molecule is [S]=[W].[S]=[W]=[S]. The van der Waals surface area contributed by atoms with E-state index in [0.29, 0.717) is 0 Å². The van der Waals surface area contributed by atoms with E-state index in [1.807, 2.05) is 0 Å². The molecule has 5 heavy (non-hydrogen) atoms. The summed E-state index contributed by atoms with van der Waals surface area (Å²) in [5.74, 6) is 0. The summed E-state index contributed by atoms with van der Waals surface area (Å²) >= 11 is 0.583. The van der Waals surface area contributed by atoms with Gasteiger partial charge in [0.1, 0.15) is 0 Å². The van der Waals surface area contributed by atoms with Crippen LogP contribution in [0.3, 0.4) is 0 Å². The van der Waals surface area contributed by atoms with Crippen molar-refractivity contribution in [2.45, 2.75) is 0 Å². The maximum absolute atomic E-state index is 4.38. The van der Waals surface area contributed by atoms with Gasteiger partial charge in [-0.2, -0.15) is 0 Å². The van der Waals surface area contributed by atoms with E-state index in [9.17, 15) is 0 Å². The molecule has 0 aromatic carbocycles. The summed E-state index contributed by atoms with van der Waals surface area (Å²) in [7, 11) is 12.9. The molecule has 0 N–H and O–H groups in total. The van der Waals surface area contributed by atoms with Crippen LogP contribution in [0.1, 0.15) is 0 Å². The van der Waals surface area contributed by atoms with Crippen LogP contribution >= 0.6 is 29.5 Å². The first kappa shape index (κ1) is 10.1. The van der Waals surface area contributed by atoms with Gasteiger partial charge in [0.2, 0.25) is 0 Å². The Morgan fingerprint density at radius 2 is 1.20 bits per heavy atom. The minimum atomic E-state index is -0.583. The molecular formula is S3W2. The van der Waals surface area contributed by atoms with E-state index in [1.165, 1.54) is 18.0 Å². The minimum absolute atomic E-state index is 0.583. The molecule has 0 saturated carbocycles. The van der Waals surface area contributed by atoms with E-state index in [0.717, 1.165) is 0 Å². The van der Waals surface area contributed by atoms with Gasteiger partial charge in [0.05, 0.1) is 0 Å². The molecule has 0 amide bonds. The molecule has 5 heteroatoms. The monoisotopic (exact) mass is 464 g/mol. The van der Waals surface area contributed by atoms with Crippen LogP contribution in [0.5, 0.6) is 0 Å². The summed E-state index contributed by atoms with van der Waals surface area (Å²) < 4.78 is 0. The van der Waals surface area contributed by atoms with Crippen LogP contribution in [0.4, 0.5) is 0 Å². The average molecular weight is 464 g/mol. The standard InChI is InChI=1S/3S.2W. The van der Waals surface area contributed by atoms with E-state index in [4.69, 9.17) is 0 Å². The van der Waals surface area contributed by atoms with E-state index in [-0.39, 0.29) is 0 Å². The quantitative estimate of drug-likeness (QED) is 0.539. The third-order valence-corrected chi connectivity index (χ3v) is 0. The Labute approximate surface area is 61.5 Å². The van der Waals surface area contributed by atoms with Gasteiger partial charge in [0.25, 0.3) is 0 Å². The molecule has 0 aliphatic carbocycles. The first-order valence-corrected chi connectivity index (χ1v) is 12.3. The van der Waals surface area contributed by atoms with Gasteiger partial charge in [-0.3, -0.25) is 0 Å². The Hall–Kier alpha value is 2.04. The van der Waals surface area contributed by atoms with E-state index >= 15 is 0 Å². The zero-order valence-electron chi connectivity index (χ0n) is 2.04. The normalized spacial score (nSPS) is 3.20. The number of hydrogen-bond donors (Lipinski definition) is 0. The van der Waals surface area contributed by atoms with E-state index < -0.39 is 14.9 Å².